The van der Waals surface area contributed by atoms with Gasteiger partial charge in [0.05, 0.1) is 6.54 Å². The predicted molar refractivity (Wildman–Crippen MR) is 32.1 cm³/mol. The maximum atomic E-state index is 9.93. The Morgan fingerprint density at radius 3 is 2.70 bits per heavy atom. The molecule has 0 aromatic carbocycles. The van der Waals surface area contributed by atoms with E-state index in [1.54, 1.807) is 0 Å². The molecule has 0 spiro atoms. The van der Waals surface area contributed by atoms with Crippen molar-refractivity contribution < 1.29 is 9.90 Å². The number of carbonyl (C=O) groups excluding carboxylic acids is 1. The van der Waals surface area contributed by atoms with Crippen LogP contribution in [0.3, 0.4) is 0 Å². The average molecular weight is 141 g/mol. The number of hydrogen-bond donors (Lipinski definition) is 1. The summed E-state index contributed by atoms with van der Waals surface area (Å²) in [6, 6.07) is 0. The molecule has 0 fully saturated rings. The highest BCUT2D eigenvalue weighted by Crippen LogP contribution is 1.85. The lowest BCUT2D eigenvalue weighted by atomic mass is 10.4. The molecule has 1 unspecified atom stereocenters. The van der Waals surface area contributed by atoms with Crippen molar-refractivity contribution in [3.8, 4) is 0 Å². The van der Waals surface area contributed by atoms with Crippen molar-refractivity contribution in [2.75, 3.05) is 0 Å². The first-order valence-corrected chi connectivity index (χ1v) is 2.78. The molecule has 5 nitrogen and oxygen atoms in total. The minimum absolute atomic E-state index is 0.219. The zero-order valence-electron chi connectivity index (χ0n) is 5.21. The van der Waals surface area contributed by atoms with Crippen molar-refractivity contribution in [3.63, 3.8) is 0 Å². The summed E-state index contributed by atoms with van der Waals surface area (Å²) in [5.74, 6) is 0. The van der Waals surface area contributed by atoms with Gasteiger partial charge in [0.15, 0.2) is 0 Å². The number of hydrogen-bond acceptors (Lipinski definition) is 4. The van der Waals surface area contributed by atoms with Gasteiger partial charge >= 0.3 is 0 Å². The third-order valence-electron chi connectivity index (χ3n) is 1.02. The van der Waals surface area contributed by atoms with E-state index in [4.69, 9.17) is 5.11 Å². The molecule has 0 radical (unpaired) electrons. The number of aldehydes is 1. The summed E-state index contributed by atoms with van der Waals surface area (Å²) in [5.41, 5.74) is 0. The molecule has 0 amide bonds. The molecule has 10 heavy (non-hydrogen) atoms. The molecule has 0 aliphatic carbocycles. The molecule has 0 saturated carbocycles. The van der Waals surface area contributed by atoms with Gasteiger partial charge in [-0.25, -0.2) is 0 Å². The Hall–Kier alpha value is -1.23. The molecule has 54 valence electrons. The van der Waals surface area contributed by atoms with Crippen molar-refractivity contribution >= 4 is 6.29 Å². The van der Waals surface area contributed by atoms with Gasteiger partial charge < -0.3 is 14.5 Å². The van der Waals surface area contributed by atoms with Gasteiger partial charge in [-0.05, 0) is 0 Å². The number of nitrogens with zero attached hydrogens (tertiary/aromatic N) is 3. The van der Waals surface area contributed by atoms with Crippen molar-refractivity contribution in [3.05, 3.63) is 12.7 Å². The minimum atomic E-state index is -0.962. The molecule has 1 atom stereocenters. The first-order chi connectivity index (χ1) is 4.83. The van der Waals surface area contributed by atoms with E-state index in [9.17, 15) is 4.79 Å². The molecule has 1 N–H and O–H groups in total. The van der Waals surface area contributed by atoms with Gasteiger partial charge in [-0.15, -0.1) is 10.2 Å². The smallest absolute Gasteiger partial charge is 0.150 e. The Balaban J connectivity index is 2.47. The topological polar surface area (TPSA) is 68.0 Å². The molecule has 0 saturated heterocycles. The third kappa shape index (κ3) is 1.63. The SMILES string of the molecule is O=CC(O)Cn1cnnc1. The van der Waals surface area contributed by atoms with Gasteiger partial charge in [0.2, 0.25) is 0 Å². The summed E-state index contributed by atoms with van der Waals surface area (Å²) in [4.78, 5) is 9.93. The first kappa shape index (κ1) is 6.88. The lowest BCUT2D eigenvalue weighted by molar-refractivity contribution is -0.115. The average Bonchev–Trinajstić information content (AvgIpc) is 2.40. The number of rotatable bonds is 3. The van der Waals surface area contributed by atoms with Crippen LogP contribution in [0.5, 0.6) is 0 Å². The summed E-state index contributed by atoms with van der Waals surface area (Å²) >= 11 is 0. The Morgan fingerprint density at radius 2 is 2.20 bits per heavy atom. The van der Waals surface area contributed by atoms with Gasteiger partial charge in [0.1, 0.15) is 25.0 Å². The van der Waals surface area contributed by atoms with Crippen molar-refractivity contribution in [1.29, 1.82) is 0 Å². The van der Waals surface area contributed by atoms with Crippen LogP contribution in [0, 0.1) is 0 Å². The van der Waals surface area contributed by atoms with Gasteiger partial charge in [0.25, 0.3) is 0 Å². The summed E-state index contributed by atoms with van der Waals surface area (Å²) in [6.07, 6.45) is 2.38. The summed E-state index contributed by atoms with van der Waals surface area (Å²) < 4.78 is 1.53. The molecule has 1 aromatic rings. The Kier molecular flexibility index (Phi) is 2.11. The quantitative estimate of drug-likeness (QED) is 0.539. The van der Waals surface area contributed by atoms with E-state index in [0.29, 0.717) is 6.29 Å². The summed E-state index contributed by atoms with van der Waals surface area (Å²) in [5, 5.41) is 15.8. The Morgan fingerprint density at radius 1 is 1.60 bits per heavy atom. The number of carbonyl (C=O) groups is 1. The maximum Gasteiger partial charge on any atom is 0.150 e. The highest BCUT2D eigenvalue weighted by molar-refractivity contribution is 5.55. The predicted octanol–water partition coefficient (Wildman–Crippen LogP) is -1.16. The largest absolute Gasteiger partial charge is 0.384 e. The van der Waals surface area contributed by atoms with Crippen LogP contribution in [0.15, 0.2) is 12.7 Å². The number of aliphatic hydroxyl groups is 1. The second-order valence-electron chi connectivity index (χ2n) is 1.86. The van der Waals surface area contributed by atoms with Crippen molar-refractivity contribution in [2.45, 2.75) is 12.6 Å². The monoisotopic (exact) mass is 141 g/mol. The summed E-state index contributed by atoms with van der Waals surface area (Å²) in [6.45, 7) is 0.219. The molecular weight excluding hydrogens is 134 g/mol. The normalized spacial score (nSPS) is 12.9. The Bertz CT molecular complexity index is 197. The van der Waals surface area contributed by atoms with Gasteiger partial charge in [-0.1, -0.05) is 0 Å². The molecule has 0 aliphatic heterocycles. The fourth-order valence-corrected chi connectivity index (χ4v) is 0.575. The molecule has 0 bridgehead atoms. The van der Waals surface area contributed by atoms with Gasteiger partial charge in [0, 0.05) is 0 Å². The molecule has 1 heterocycles. The lowest BCUT2D eigenvalue weighted by Gasteiger charge is -2.00. The van der Waals surface area contributed by atoms with Crippen LogP contribution in [0.2, 0.25) is 0 Å². The standard InChI is InChI=1S/C5H7N3O2/c9-2-5(10)1-8-3-6-7-4-8/h2-5,10H,1H2. The van der Waals surface area contributed by atoms with Gasteiger partial charge in [-0.3, -0.25) is 0 Å². The second kappa shape index (κ2) is 3.07. The molecule has 1 rings (SSSR count). The van der Waals surface area contributed by atoms with Crippen LogP contribution in [-0.2, 0) is 11.3 Å². The second-order valence-corrected chi connectivity index (χ2v) is 1.86. The van der Waals surface area contributed by atoms with E-state index in [0.717, 1.165) is 0 Å². The van der Waals surface area contributed by atoms with Crippen molar-refractivity contribution in [1.82, 2.24) is 14.8 Å². The minimum Gasteiger partial charge on any atom is -0.384 e. The Labute approximate surface area is 57.3 Å². The van der Waals surface area contributed by atoms with E-state index in [-0.39, 0.29) is 6.54 Å². The van der Waals surface area contributed by atoms with E-state index in [2.05, 4.69) is 10.2 Å². The molecule has 0 aliphatic rings. The summed E-state index contributed by atoms with van der Waals surface area (Å²) in [7, 11) is 0. The molecule has 5 heteroatoms. The number of aliphatic hydroxyl groups excluding tert-OH is 1. The zero-order chi connectivity index (χ0) is 7.40. The highest BCUT2D eigenvalue weighted by Gasteiger charge is 2.00. The number of aromatic nitrogens is 3. The van der Waals surface area contributed by atoms with E-state index >= 15 is 0 Å². The van der Waals surface area contributed by atoms with E-state index in [1.807, 2.05) is 0 Å². The van der Waals surface area contributed by atoms with Crippen LogP contribution in [0.4, 0.5) is 0 Å². The fraction of sp³-hybridized carbons (Fsp3) is 0.400. The van der Waals surface area contributed by atoms with Crippen LogP contribution in [-0.4, -0.2) is 32.3 Å². The van der Waals surface area contributed by atoms with Crippen molar-refractivity contribution in [2.24, 2.45) is 0 Å². The third-order valence-corrected chi connectivity index (χ3v) is 1.02. The fourth-order valence-electron chi connectivity index (χ4n) is 0.575. The van der Waals surface area contributed by atoms with E-state index in [1.165, 1.54) is 17.2 Å². The first-order valence-electron chi connectivity index (χ1n) is 2.78. The molecule has 1 aromatic heterocycles. The van der Waals surface area contributed by atoms with Gasteiger partial charge in [-0.2, -0.15) is 0 Å². The van der Waals surface area contributed by atoms with Crippen LogP contribution in [0.1, 0.15) is 0 Å². The van der Waals surface area contributed by atoms with Crippen LogP contribution >= 0.6 is 0 Å². The molecular formula is C5H7N3O2. The van der Waals surface area contributed by atoms with Crippen LogP contribution < -0.4 is 0 Å². The zero-order valence-corrected chi connectivity index (χ0v) is 5.21. The van der Waals surface area contributed by atoms with Crippen LogP contribution in [0.25, 0.3) is 0 Å². The highest BCUT2D eigenvalue weighted by atomic mass is 16.3. The van der Waals surface area contributed by atoms with E-state index < -0.39 is 6.10 Å². The maximum absolute atomic E-state index is 9.93. The lowest BCUT2D eigenvalue weighted by Crippen LogP contribution is -2.15.